The van der Waals surface area contributed by atoms with E-state index in [1.165, 1.54) is 0 Å². The lowest BCUT2D eigenvalue weighted by atomic mass is 9.90. The molecular formula is C27H23N3O2. The number of imidazole rings is 1. The number of aliphatic hydroxyl groups excluding tert-OH is 1. The van der Waals surface area contributed by atoms with Gasteiger partial charge in [0.25, 0.3) is 0 Å². The quantitative estimate of drug-likeness (QED) is 0.478. The minimum Gasteiger partial charge on any atom is -0.488 e. The minimum absolute atomic E-state index is 0.0567. The van der Waals surface area contributed by atoms with Gasteiger partial charge in [0.2, 0.25) is 0 Å². The number of aromatic nitrogens is 2. The predicted octanol–water partition coefficient (Wildman–Crippen LogP) is 4.86. The predicted molar refractivity (Wildman–Crippen MR) is 124 cm³/mol. The number of nitriles is 1. The minimum atomic E-state index is 0.0567. The van der Waals surface area contributed by atoms with Gasteiger partial charge in [0, 0.05) is 29.7 Å². The van der Waals surface area contributed by atoms with Crippen molar-refractivity contribution in [1.29, 1.82) is 5.26 Å². The Morgan fingerprint density at radius 2 is 1.91 bits per heavy atom. The van der Waals surface area contributed by atoms with Crippen molar-refractivity contribution in [3.05, 3.63) is 100 Å². The number of ether oxygens (including phenoxy) is 1. The number of nitrogens with zero attached hydrogens (tertiary/aromatic N) is 3. The molecule has 2 heterocycles. The van der Waals surface area contributed by atoms with Crippen LogP contribution in [0.15, 0.2) is 72.3 Å². The third-order valence-electron chi connectivity index (χ3n) is 5.93. The fourth-order valence-corrected chi connectivity index (χ4v) is 4.44. The molecule has 158 valence electrons. The van der Waals surface area contributed by atoms with Crippen LogP contribution in [-0.2, 0) is 19.6 Å². The van der Waals surface area contributed by atoms with E-state index in [1.807, 2.05) is 49.4 Å². The second-order valence-corrected chi connectivity index (χ2v) is 7.96. The first kappa shape index (κ1) is 20.0. The summed E-state index contributed by atoms with van der Waals surface area (Å²) in [5.41, 5.74) is 7.73. The Balaban J connectivity index is 1.60. The van der Waals surface area contributed by atoms with E-state index in [0.717, 1.165) is 50.4 Å². The van der Waals surface area contributed by atoms with Gasteiger partial charge in [0.15, 0.2) is 0 Å². The van der Waals surface area contributed by atoms with Crippen LogP contribution in [0, 0.1) is 11.3 Å². The lowest BCUT2D eigenvalue weighted by Crippen LogP contribution is -2.08. The smallest absolute Gasteiger partial charge is 0.127 e. The molecule has 0 radical (unpaired) electrons. The summed E-state index contributed by atoms with van der Waals surface area (Å²) in [5, 5.41) is 19.2. The van der Waals surface area contributed by atoms with Crippen LogP contribution in [0.1, 0.15) is 35.0 Å². The molecule has 5 nitrogen and oxygen atoms in total. The highest BCUT2D eigenvalue weighted by Gasteiger charge is 2.21. The zero-order valence-electron chi connectivity index (χ0n) is 17.9. The topological polar surface area (TPSA) is 71.1 Å². The highest BCUT2D eigenvalue weighted by Crippen LogP contribution is 2.38. The second kappa shape index (κ2) is 8.33. The highest BCUT2D eigenvalue weighted by atomic mass is 16.5. The molecule has 0 bridgehead atoms. The zero-order valence-corrected chi connectivity index (χ0v) is 17.9. The number of hydrogen-bond donors (Lipinski definition) is 1. The molecule has 0 aliphatic carbocycles. The molecule has 0 amide bonds. The van der Waals surface area contributed by atoms with Crippen molar-refractivity contribution < 1.29 is 9.84 Å². The normalized spacial score (nSPS) is 14.2. The van der Waals surface area contributed by atoms with Gasteiger partial charge in [-0.1, -0.05) is 42.5 Å². The maximum absolute atomic E-state index is 9.66. The summed E-state index contributed by atoms with van der Waals surface area (Å²) in [6.07, 6.45) is 0.506. The van der Waals surface area contributed by atoms with Crippen molar-refractivity contribution in [1.82, 2.24) is 9.55 Å². The number of para-hydroxylation sites is 3. The number of aliphatic hydroxyl groups is 1. The van der Waals surface area contributed by atoms with Crippen LogP contribution < -0.4 is 4.74 Å². The summed E-state index contributed by atoms with van der Waals surface area (Å²) in [7, 11) is 0. The Hall–Kier alpha value is -3.88. The van der Waals surface area contributed by atoms with Crippen molar-refractivity contribution in [2.45, 2.75) is 26.5 Å². The van der Waals surface area contributed by atoms with Gasteiger partial charge in [-0.2, -0.15) is 5.26 Å². The van der Waals surface area contributed by atoms with Crippen LogP contribution in [0.25, 0.3) is 16.6 Å². The largest absolute Gasteiger partial charge is 0.488 e. The van der Waals surface area contributed by atoms with Crippen molar-refractivity contribution in [2.24, 2.45) is 0 Å². The van der Waals surface area contributed by atoms with Crippen LogP contribution in [0.5, 0.6) is 5.75 Å². The molecule has 0 atom stereocenters. The molecule has 1 aliphatic heterocycles. The van der Waals surface area contributed by atoms with Crippen LogP contribution in [-0.4, -0.2) is 21.3 Å². The number of hydrogen-bond acceptors (Lipinski definition) is 4. The number of allylic oxidation sites excluding steroid dienone is 1. The summed E-state index contributed by atoms with van der Waals surface area (Å²) >= 11 is 0. The van der Waals surface area contributed by atoms with Crippen molar-refractivity contribution in [3.63, 3.8) is 0 Å². The average molecular weight is 422 g/mol. The third kappa shape index (κ3) is 3.45. The van der Waals surface area contributed by atoms with Crippen molar-refractivity contribution in [2.75, 3.05) is 6.61 Å². The zero-order chi connectivity index (χ0) is 22.1. The monoisotopic (exact) mass is 421 g/mol. The standard InChI is InChI=1S/C27H23N3O2/c1-18(15-28)27-21-11-10-19(14-20(21)17-32-25-9-5-2-6-22(25)27)16-30-24-8-4-3-7-23(24)29-26(30)12-13-31/h2-11,14,31H,12-13,16-17H2,1H3/b27-18+. The molecule has 0 spiro atoms. The molecule has 0 unspecified atom stereocenters. The molecule has 4 aromatic rings. The van der Waals surface area contributed by atoms with Gasteiger partial charge in [-0.05, 0) is 47.9 Å². The lowest BCUT2D eigenvalue weighted by molar-refractivity contribution is 0.295. The van der Waals surface area contributed by atoms with Gasteiger partial charge in [-0.15, -0.1) is 0 Å². The van der Waals surface area contributed by atoms with E-state index >= 15 is 0 Å². The van der Waals surface area contributed by atoms with Gasteiger partial charge < -0.3 is 14.4 Å². The van der Waals surface area contributed by atoms with E-state index in [9.17, 15) is 10.4 Å². The molecule has 5 rings (SSSR count). The Morgan fingerprint density at radius 1 is 1.09 bits per heavy atom. The van der Waals surface area contributed by atoms with E-state index in [1.54, 1.807) is 0 Å². The first-order valence-electron chi connectivity index (χ1n) is 10.7. The summed E-state index contributed by atoms with van der Waals surface area (Å²) < 4.78 is 8.29. The van der Waals surface area contributed by atoms with E-state index < -0.39 is 0 Å². The molecular weight excluding hydrogens is 398 g/mol. The van der Waals surface area contributed by atoms with Crippen LogP contribution in [0.2, 0.25) is 0 Å². The summed E-state index contributed by atoms with van der Waals surface area (Å²) in [4.78, 5) is 4.71. The van der Waals surface area contributed by atoms with Gasteiger partial charge in [0.05, 0.1) is 23.7 Å². The van der Waals surface area contributed by atoms with Crippen LogP contribution in [0.4, 0.5) is 0 Å². The molecule has 0 saturated heterocycles. The van der Waals surface area contributed by atoms with Gasteiger partial charge in [-0.25, -0.2) is 4.98 Å². The SMILES string of the molecule is C/C(C#N)=C1/c2ccc(Cn3c(CCO)nc4ccccc43)cc2COc2ccccc21. The molecule has 1 aromatic heterocycles. The summed E-state index contributed by atoms with van der Waals surface area (Å²) in [5.74, 6) is 1.66. The Kier molecular flexibility index (Phi) is 5.22. The van der Waals surface area contributed by atoms with Gasteiger partial charge >= 0.3 is 0 Å². The first-order valence-corrected chi connectivity index (χ1v) is 10.7. The number of fused-ring (bicyclic) bond motifs is 3. The molecule has 0 fully saturated rings. The third-order valence-corrected chi connectivity index (χ3v) is 5.93. The van der Waals surface area contributed by atoms with Crippen LogP contribution >= 0.6 is 0 Å². The van der Waals surface area contributed by atoms with Crippen molar-refractivity contribution in [3.8, 4) is 11.8 Å². The molecule has 5 heteroatoms. The van der Waals surface area contributed by atoms with E-state index in [0.29, 0.717) is 25.1 Å². The van der Waals surface area contributed by atoms with Crippen LogP contribution in [0.3, 0.4) is 0 Å². The van der Waals surface area contributed by atoms with Crippen molar-refractivity contribution >= 4 is 16.6 Å². The maximum atomic E-state index is 9.66. The fourth-order valence-electron chi connectivity index (χ4n) is 4.44. The maximum Gasteiger partial charge on any atom is 0.127 e. The average Bonchev–Trinajstić information content (AvgIpc) is 3.07. The first-order chi connectivity index (χ1) is 15.7. The highest BCUT2D eigenvalue weighted by molar-refractivity contribution is 5.88. The Labute approximate surface area is 186 Å². The molecule has 1 aliphatic rings. The van der Waals surface area contributed by atoms with Gasteiger partial charge in [-0.3, -0.25) is 0 Å². The van der Waals surface area contributed by atoms with E-state index in [-0.39, 0.29) is 6.61 Å². The number of benzene rings is 3. The van der Waals surface area contributed by atoms with E-state index in [2.05, 4.69) is 34.9 Å². The second-order valence-electron chi connectivity index (χ2n) is 7.96. The number of rotatable bonds is 4. The molecule has 3 aromatic carbocycles. The lowest BCUT2D eigenvalue weighted by Gasteiger charge is -2.14. The molecule has 1 N–H and O–H groups in total. The van der Waals surface area contributed by atoms with Gasteiger partial charge in [0.1, 0.15) is 18.2 Å². The Bertz CT molecular complexity index is 1390. The fraction of sp³-hybridized carbons (Fsp3) is 0.185. The molecule has 0 saturated carbocycles. The summed E-state index contributed by atoms with van der Waals surface area (Å²) in [6.45, 7) is 3.00. The van der Waals surface area contributed by atoms with E-state index in [4.69, 9.17) is 9.72 Å². The Morgan fingerprint density at radius 3 is 2.75 bits per heavy atom. The molecule has 32 heavy (non-hydrogen) atoms. The summed E-state index contributed by atoms with van der Waals surface area (Å²) in [6, 6.07) is 24.6.